The number of anilines is 1. The van der Waals surface area contributed by atoms with Gasteiger partial charge in [0.15, 0.2) is 0 Å². The number of alkyl halides is 3. The van der Waals surface area contributed by atoms with E-state index in [4.69, 9.17) is 0 Å². The maximum Gasteiger partial charge on any atom is 0.416 e. The molecule has 1 aromatic heterocycles. The molecule has 0 atom stereocenters. The van der Waals surface area contributed by atoms with Gasteiger partial charge in [0.1, 0.15) is 12.7 Å². The van der Waals surface area contributed by atoms with Crippen molar-refractivity contribution in [2.24, 2.45) is 0 Å². The number of piperazine rings is 1. The fraction of sp³-hybridized carbons (Fsp3) is 0.348. The van der Waals surface area contributed by atoms with E-state index in [2.05, 4.69) is 45.4 Å². The average molecular weight is 458 g/mol. The van der Waals surface area contributed by atoms with Crippen molar-refractivity contribution >= 4 is 11.6 Å². The van der Waals surface area contributed by atoms with Gasteiger partial charge >= 0.3 is 6.18 Å². The maximum atomic E-state index is 13.2. The molecule has 4 rings (SSSR count). The lowest BCUT2D eigenvalue weighted by Crippen LogP contribution is -2.48. The number of halogens is 3. The normalized spacial score (nSPS) is 15.5. The number of rotatable bonds is 6. The summed E-state index contributed by atoms with van der Waals surface area (Å²) in [4.78, 5) is 20.8. The molecule has 7 nitrogen and oxygen atoms in total. The molecule has 1 N–H and O–H groups in total. The second-order valence-electron chi connectivity index (χ2n) is 8.16. The summed E-state index contributed by atoms with van der Waals surface area (Å²) in [5.41, 5.74) is 2.00. The Kier molecular flexibility index (Phi) is 6.75. The van der Waals surface area contributed by atoms with E-state index >= 15 is 0 Å². The minimum absolute atomic E-state index is 0.0402. The summed E-state index contributed by atoms with van der Waals surface area (Å²) in [6, 6.07) is 11.5. The number of carbonyl (C=O) groups is 1. The predicted molar refractivity (Wildman–Crippen MR) is 118 cm³/mol. The van der Waals surface area contributed by atoms with Crippen molar-refractivity contribution in [3.05, 3.63) is 71.8 Å². The largest absolute Gasteiger partial charge is 0.416 e. The zero-order valence-corrected chi connectivity index (χ0v) is 18.2. The highest BCUT2D eigenvalue weighted by Crippen LogP contribution is 2.33. The Morgan fingerprint density at radius 1 is 1.06 bits per heavy atom. The number of nitrogens with one attached hydrogen (secondary N) is 1. The Labute approximate surface area is 189 Å². The first-order chi connectivity index (χ1) is 15.8. The third-order valence-electron chi connectivity index (χ3n) is 5.58. The Bertz CT molecular complexity index is 1090. The molecule has 0 aliphatic carbocycles. The van der Waals surface area contributed by atoms with Crippen LogP contribution in [-0.4, -0.2) is 63.2 Å². The van der Waals surface area contributed by atoms with Crippen LogP contribution in [0.3, 0.4) is 0 Å². The van der Waals surface area contributed by atoms with E-state index in [1.54, 1.807) is 0 Å². The molecule has 0 saturated carbocycles. The van der Waals surface area contributed by atoms with Crippen LogP contribution in [0, 0.1) is 6.92 Å². The van der Waals surface area contributed by atoms with Gasteiger partial charge in [-0.2, -0.15) is 18.3 Å². The van der Waals surface area contributed by atoms with Gasteiger partial charge in [-0.3, -0.25) is 14.6 Å². The van der Waals surface area contributed by atoms with E-state index in [1.807, 2.05) is 11.0 Å². The smallest absolute Gasteiger partial charge is 0.323 e. The highest BCUT2D eigenvalue weighted by molar-refractivity contribution is 5.94. The van der Waals surface area contributed by atoms with Crippen LogP contribution in [0.15, 0.2) is 55.1 Å². The number of carbonyl (C=O) groups excluding carboxylic acids is 1. The van der Waals surface area contributed by atoms with E-state index < -0.39 is 11.7 Å². The number of hydrogen-bond donors (Lipinski definition) is 1. The van der Waals surface area contributed by atoms with E-state index in [0.717, 1.165) is 31.8 Å². The maximum absolute atomic E-state index is 13.2. The lowest BCUT2D eigenvalue weighted by molar-refractivity contribution is -0.137. The van der Waals surface area contributed by atoms with Gasteiger partial charge in [-0.1, -0.05) is 29.8 Å². The summed E-state index contributed by atoms with van der Waals surface area (Å²) in [5, 5.41) is 6.60. The minimum atomic E-state index is -4.52. The van der Waals surface area contributed by atoms with Crippen LogP contribution in [0.1, 0.15) is 16.7 Å². The molecule has 10 heteroatoms. The fourth-order valence-corrected chi connectivity index (χ4v) is 3.91. The Morgan fingerprint density at radius 3 is 2.48 bits per heavy atom. The molecule has 174 valence electrons. The van der Waals surface area contributed by atoms with E-state index in [1.165, 1.54) is 34.5 Å². The standard InChI is InChI=1S/C23H25F3N6O/c1-17-3-2-4-18(11-17)13-30-7-9-31(10-8-30)14-22(33)29-20-12-19(23(24,25)26)5-6-21(20)32-16-27-15-28-32/h2-6,11-12,15-16H,7-10,13-14H2,1H3,(H,29,33). The Hall–Kier alpha value is -3.24. The first-order valence-electron chi connectivity index (χ1n) is 10.6. The number of aryl methyl sites for hydroxylation is 1. The van der Waals surface area contributed by atoms with Gasteiger partial charge < -0.3 is 5.32 Å². The molecule has 33 heavy (non-hydrogen) atoms. The van der Waals surface area contributed by atoms with Crippen LogP contribution in [0.5, 0.6) is 0 Å². The number of amides is 1. The molecule has 2 heterocycles. The van der Waals surface area contributed by atoms with Crippen molar-refractivity contribution in [1.29, 1.82) is 0 Å². The Morgan fingerprint density at radius 2 is 1.82 bits per heavy atom. The van der Waals surface area contributed by atoms with Crippen LogP contribution in [0.25, 0.3) is 5.69 Å². The topological polar surface area (TPSA) is 66.3 Å². The SMILES string of the molecule is Cc1cccc(CN2CCN(CC(=O)Nc3cc(C(F)(F)F)ccc3-n3cncn3)CC2)c1. The number of hydrogen-bond acceptors (Lipinski definition) is 5. The molecule has 1 fully saturated rings. The summed E-state index contributed by atoms with van der Waals surface area (Å²) in [6.45, 7) is 6.07. The highest BCUT2D eigenvalue weighted by Gasteiger charge is 2.31. The fourth-order valence-electron chi connectivity index (χ4n) is 3.91. The first-order valence-corrected chi connectivity index (χ1v) is 10.6. The molecule has 0 radical (unpaired) electrons. The van der Waals surface area contributed by atoms with E-state index in [9.17, 15) is 18.0 Å². The molecule has 0 bridgehead atoms. The predicted octanol–water partition coefficient (Wildman–Crippen LogP) is 3.35. The summed E-state index contributed by atoms with van der Waals surface area (Å²) in [7, 11) is 0. The summed E-state index contributed by atoms with van der Waals surface area (Å²) in [6.07, 6.45) is -1.88. The molecule has 2 aromatic carbocycles. The van der Waals surface area contributed by atoms with Crippen LogP contribution in [0.2, 0.25) is 0 Å². The molecular formula is C23H25F3N6O. The van der Waals surface area contributed by atoms with Crippen molar-refractivity contribution in [2.75, 3.05) is 38.0 Å². The van der Waals surface area contributed by atoms with Gasteiger partial charge in [-0.05, 0) is 30.7 Å². The van der Waals surface area contributed by atoms with Gasteiger partial charge in [0.25, 0.3) is 0 Å². The lowest BCUT2D eigenvalue weighted by atomic mass is 10.1. The van der Waals surface area contributed by atoms with Crippen molar-refractivity contribution in [2.45, 2.75) is 19.6 Å². The summed E-state index contributed by atoms with van der Waals surface area (Å²) >= 11 is 0. The number of benzene rings is 2. The molecular weight excluding hydrogens is 433 g/mol. The molecule has 1 amide bonds. The molecule has 0 unspecified atom stereocenters. The molecule has 1 aliphatic heterocycles. The third-order valence-corrected chi connectivity index (χ3v) is 5.58. The second-order valence-corrected chi connectivity index (χ2v) is 8.16. The van der Waals surface area contributed by atoms with Gasteiger partial charge in [-0.15, -0.1) is 0 Å². The molecule has 1 aliphatic rings. The van der Waals surface area contributed by atoms with Crippen LogP contribution in [0.4, 0.5) is 18.9 Å². The minimum Gasteiger partial charge on any atom is -0.323 e. The molecule has 3 aromatic rings. The number of aromatic nitrogens is 3. The van der Waals surface area contributed by atoms with Crippen molar-refractivity contribution in [1.82, 2.24) is 24.6 Å². The average Bonchev–Trinajstić information content (AvgIpc) is 3.29. The van der Waals surface area contributed by atoms with Gasteiger partial charge in [0.05, 0.1) is 23.5 Å². The second kappa shape index (κ2) is 9.72. The van der Waals surface area contributed by atoms with Gasteiger partial charge in [0, 0.05) is 32.7 Å². The first kappa shape index (κ1) is 22.9. The van der Waals surface area contributed by atoms with Crippen molar-refractivity contribution in [3.8, 4) is 5.69 Å². The Balaban J connectivity index is 1.37. The highest BCUT2D eigenvalue weighted by atomic mass is 19.4. The van der Waals surface area contributed by atoms with E-state index in [-0.39, 0.29) is 18.1 Å². The quantitative estimate of drug-likeness (QED) is 0.614. The van der Waals surface area contributed by atoms with Crippen LogP contribution >= 0.6 is 0 Å². The number of nitrogens with zero attached hydrogens (tertiary/aromatic N) is 5. The summed E-state index contributed by atoms with van der Waals surface area (Å²) in [5.74, 6) is -0.372. The zero-order valence-electron chi connectivity index (χ0n) is 18.2. The molecule has 1 saturated heterocycles. The van der Waals surface area contributed by atoms with Crippen molar-refractivity contribution < 1.29 is 18.0 Å². The third kappa shape index (κ3) is 5.96. The molecule has 0 spiro atoms. The lowest BCUT2D eigenvalue weighted by Gasteiger charge is -2.34. The van der Waals surface area contributed by atoms with Gasteiger partial charge in [-0.25, -0.2) is 9.67 Å². The monoisotopic (exact) mass is 458 g/mol. The van der Waals surface area contributed by atoms with Gasteiger partial charge in [0.2, 0.25) is 5.91 Å². The zero-order chi connectivity index (χ0) is 23.4. The summed E-state index contributed by atoms with van der Waals surface area (Å²) < 4.78 is 40.9. The van der Waals surface area contributed by atoms with Crippen LogP contribution in [-0.2, 0) is 17.5 Å². The van der Waals surface area contributed by atoms with Crippen LogP contribution < -0.4 is 5.32 Å². The van der Waals surface area contributed by atoms with E-state index in [0.29, 0.717) is 18.8 Å². The van der Waals surface area contributed by atoms with Crippen molar-refractivity contribution in [3.63, 3.8) is 0 Å².